The maximum atomic E-state index is 14.7. The van der Waals surface area contributed by atoms with E-state index in [-0.39, 0.29) is 17.6 Å². The number of rotatable bonds is 8. The van der Waals surface area contributed by atoms with Gasteiger partial charge in [0, 0.05) is 19.0 Å². The van der Waals surface area contributed by atoms with Crippen molar-refractivity contribution in [1.82, 2.24) is 10.6 Å². The van der Waals surface area contributed by atoms with E-state index < -0.39 is 11.6 Å². The second-order valence-electron chi connectivity index (χ2n) is 6.76. The molecule has 0 radical (unpaired) electrons. The van der Waals surface area contributed by atoms with Gasteiger partial charge in [0.2, 0.25) is 5.79 Å². The van der Waals surface area contributed by atoms with E-state index in [0.29, 0.717) is 11.5 Å². The molecule has 0 heterocycles. The lowest BCUT2D eigenvalue weighted by Crippen LogP contribution is -2.30. The molecule has 0 aromatic heterocycles. The van der Waals surface area contributed by atoms with Crippen LogP contribution in [0.1, 0.15) is 49.5 Å². The summed E-state index contributed by atoms with van der Waals surface area (Å²) in [6.45, 7) is 5.35. The molecule has 0 saturated heterocycles. The Balaban J connectivity index is 2.38. The molecule has 6 heteroatoms. The number of methoxy groups -OCH3 is 1. The van der Waals surface area contributed by atoms with Gasteiger partial charge in [0.1, 0.15) is 5.82 Å². The Morgan fingerprint density at radius 3 is 2.04 bits per heavy atom. The molecule has 2 aromatic rings. The number of hydrogen-bond donors (Lipinski definition) is 3. The van der Waals surface area contributed by atoms with Crippen LogP contribution in [0.15, 0.2) is 36.4 Å². The molecule has 3 atom stereocenters. The monoisotopic (exact) mass is 376 g/mol. The molecule has 0 aliphatic heterocycles. The zero-order chi connectivity index (χ0) is 20.2. The molecule has 148 valence electrons. The van der Waals surface area contributed by atoms with Gasteiger partial charge >= 0.3 is 0 Å². The minimum absolute atomic E-state index is 0.000718. The Hall–Kier alpha value is -2.15. The van der Waals surface area contributed by atoms with Crippen molar-refractivity contribution in [3.05, 3.63) is 58.9 Å². The molecule has 0 bridgehead atoms. The number of nitrogens with one attached hydrogen (secondary N) is 2. The second-order valence-corrected chi connectivity index (χ2v) is 6.76. The van der Waals surface area contributed by atoms with Crippen LogP contribution in [0, 0.1) is 5.82 Å². The Morgan fingerprint density at radius 2 is 1.52 bits per heavy atom. The first-order valence-electron chi connectivity index (χ1n) is 8.97. The Kier molecular flexibility index (Phi) is 6.81. The summed E-state index contributed by atoms with van der Waals surface area (Å²) in [6.07, 6.45) is 0. The van der Waals surface area contributed by atoms with Gasteiger partial charge in [-0.3, -0.25) is 0 Å². The van der Waals surface area contributed by atoms with Crippen molar-refractivity contribution in [3.8, 4) is 11.5 Å². The molecule has 0 aliphatic rings. The van der Waals surface area contributed by atoms with Crippen molar-refractivity contribution >= 4 is 0 Å². The van der Waals surface area contributed by atoms with E-state index in [0.717, 1.165) is 11.1 Å². The fourth-order valence-electron chi connectivity index (χ4n) is 2.82. The van der Waals surface area contributed by atoms with Gasteiger partial charge in [-0.2, -0.15) is 0 Å². The van der Waals surface area contributed by atoms with E-state index in [1.807, 2.05) is 27.0 Å². The van der Waals surface area contributed by atoms with E-state index in [4.69, 9.17) is 9.47 Å². The molecular weight excluding hydrogens is 347 g/mol. The average molecular weight is 376 g/mol. The Bertz CT molecular complexity index is 780. The molecule has 3 N–H and O–H groups in total. The Morgan fingerprint density at radius 1 is 0.963 bits per heavy atom. The van der Waals surface area contributed by atoms with E-state index in [2.05, 4.69) is 10.6 Å². The molecule has 27 heavy (non-hydrogen) atoms. The second kappa shape index (κ2) is 8.69. The van der Waals surface area contributed by atoms with Gasteiger partial charge in [-0.05, 0) is 63.3 Å². The first kappa shape index (κ1) is 21.2. The highest BCUT2D eigenvalue weighted by Crippen LogP contribution is 2.36. The smallest absolute Gasteiger partial charge is 0.235 e. The van der Waals surface area contributed by atoms with E-state index in [9.17, 15) is 9.50 Å². The fraction of sp³-hybridized carbons (Fsp3) is 0.429. The normalized spacial score (nSPS) is 15.7. The summed E-state index contributed by atoms with van der Waals surface area (Å²) in [4.78, 5) is 0. The summed E-state index contributed by atoms with van der Waals surface area (Å²) >= 11 is 0. The predicted molar refractivity (Wildman–Crippen MR) is 105 cm³/mol. The number of ether oxygens (including phenoxy) is 2. The van der Waals surface area contributed by atoms with Crippen LogP contribution in [-0.2, 0) is 5.79 Å². The van der Waals surface area contributed by atoms with Gasteiger partial charge in [0.15, 0.2) is 11.5 Å². The van der Waals surface area contributed by atoms with Crippen molar-refractivity contribution in [1.29, 1.82) is 0 Å². The van der Waals surface area contributed by atoms with Crippen molar-refractivity contribution in [2.24, 2.45) is 0 Å². The molecule has 0 saturated carbocycles. The zero-order valence-corrected chi connectivity index (χ0v) is 16.8. The SMILES string of the molecule is CNC(C)c1ccc(C(C)(O)Oc2cc(C(C)NC)ccc2OC)c(F)c1. The van der Waals surface area contributed by atoms with Crippen molar-refractivity contribution < 1.29 is 19.0 Å². The van der Waals surface area contributed by atoms with Crippen LogP contribution < -0.4 is 20.1 Å². The third-order valence-electron chi connectivity index (χ3n) is 4.86. The number of hydrogen-bond acceptors (Lipinski definition) is 5. The zero-order valence-electron chi connectivity index (χ0n) is 16.8. The molecule has 0 amide bonds. The van der Waals surface area contributed by atoms with Crippen LogP contribution in [0.4, 0.5) is 4.39 Å². The van der Waals surface area contributed by atoms with E-state index >= 15 is 0 Å². The van der Waals surface area contributed by atoms with E-state index in [1.165, 1.54) is 20.1 Å². The molecular formula is C21H29FN2O3. The number of aliphatic hydroxyl groups is 1. The summed E-state index contributed by atoms with van der Waals surface area (Å²) in [6, 6.07) is 10.3. The van der Waals surface area contributed by atoms with Gasteiger partial charge < -0.3 is 25.2 Å². The Labute approximate surface area is 160 Å². The maximum absolute atomic E-state index is 14.7. The minimum atomic E-state index is -1.86. The summed E-state index contributed by atoms with van der Waals surface area (Å²) in [7, 11) is 5.18. The highest BCUT2D eigenvalue weighted by atomic mass is 19.1. The van der Waals surface area contributed by atoms with Crippen molar-refractivity contribution in [2.45, 2.75) is 38.6 Å². The molecule has 3 unspecified atom stereocenters. The lowest BCUT2D eigenvalue weighted by Gasteiger charge is -2.27. The summed E-state index contributed by atoms with van der Waals surface area (Å²) in [5, 5.41) is 17.1. The number of halogens is 1. The molecule has 0 fully saturated rings. The van der Waals surface area contributed by atoms with Gasteiger partial charge in [-0.1, -0.05) is 12.1 Å². The lowest BCUT2D eigenvalue weighted by molar-refractivity contribution is -0.132. The third kappa shape index (κ3) is 4.77. The van der Waals surface area contributed by atoms with Crippen LogP contribution in [-0.4, -0.2) is 26.3 Å². The average Bonchev–Trinajstić information content (AvgIpc) is 2.65. The number of benzene rings is 2. The van der Waals surface area contributed by atoms with Crippen LogP contribution in [0.5, 0.6) is 11.5 Å². The van der Waals surface area contributed by atoms with Crippen LogP contribution in [0.3, 0.4) is 0 Å². The van der Waals surface area contributed by atoms with Crippen LogP contribution >= 0.6 is 0 Å². The third-order valence-corrected chi connectivity index (χ3v) is 4.86. The summed E-state index contributed by atoms with van der Waals surface area (Å²) in [5.41, 5.74) is 1.81. The summed E-state index contributed by atoms with van der Waals surface area (Å²) in [5.74, 6) is -1.59. The van der Waals surface area contributed by atoms with Crippen LogP contribution in [0.25, 0.3) is 0 Å². The fourth-order valence-corrected chi connectivity index (χ4v) is 2.82. The lowest BCUT2D eigenvalue weighted by atomic mass is 10.0. The molecule has 0 spiro atoms. The van der Waals surface area contributed by atoms with Crippen molar-refractivity contribution in [2.75, 3.05) is 21.2 Å². The standard InChI is InChI=1S/C21H29FN2O3/c1-13(23-4)15-7-9-17(18(22)11-15)21(3,25)27-20-12-16(14(2)24-5)8-10-19(20)26-6/h7-14,23-25H,1-6H3. The first-order valence-corrected chi connectivity index (χ1v) is 8.97. The maximum Gasteiger partial charge on any atom is 0.235 e. The largest absolute Gasteiger partial charge is 0.493 e. The van der Waals surface area contributed by atoms with Gasteiger partial charge in [-0.15, -0.1) is 0 Å². The van der Waals surface area contributed by atoms with E-state index in [1.54, 1.807) is 31.3 Å². The topological polar surface area (TPSA) is 62.8 Å². The highest BCUT2D eigenvalue weighted by molar-refractivity contribution is 5.44. The molecule has 2 aromatic carbocycles. The molecule has 5 nitrogen and oxygen atoms in total. The van der Waals surface area contributed by atoms with Gasteiger partial charge in [-0.25, -0.2) is 4.39 Å². The quantitative estimate of drug-likeness (QED) is 0.614. The van der Waals surface area contributed by atoms with Crippen LogP contribution in [0.2, 0.25) is 0 Å². The molecule has 0 aliphatic carbocycles. The summed E-state index contributed by atoms with van der Waals surface area (Å²) < 4.78 is 25.8. The van der Waals surface area contributed by atoms with Crippen molar-refractivity contribution in [3.63, 3.8) is 0 Å². The van der Waals surface area contributed by atoms with Gasteiger partial charge in [0.05, 0.1) is 12.7 Å². The molecule has 2 rings (SSSR count). The van der Waals surface area contributed by atoms with Gasteiger partial charge in [0.25, 0.3) is 0 Å². The highest BCUT2D eigenvalue weighted by Gasteiger charge is 2.30. The predicted octanol–water partition coefficient (Wildman–Crippen LogP) is 3.64. The minimum Gasteiger partial charge on any atom is -0.493 e. The first-order chi connectivity index (χ1) is 12.7.